The third kappa shape index (κ3) is 4.38. The monoisotopic (exact) mass is 534 g/mol. The maximum Gasteiger partial charge on any atom is 0.271 e. The molecule has 1 atom stereocenters. The molecule has 0 bridgehead atoms. The summed E-state index contributed by atoms with van der Waals surface area (Å²) in [6.45, 7) is 1.81. The van der Waals surface area contributed by atoms with E-state index in [1.54, 1.807) is 11.7 Å². The van der Waals surface area contributed by atoms with E-state index in [4.69, 9.17) is 9.73 Å². The van der Waals surface area contributed by atoms with Crippen molar-refractivity contribution in [1.29, 1.82) is 0 Å². The van der Waals surface area contributed by atoms with Gasteiger partial charge in [0.1, 0.15) is 5.75 Å². The molecule has 1 aliphatic heterocycles. The van der Waals surface area contributed by atoms with Crippen LogP contribution in [0, 0.1) is 0 Å². The number of anilines is 1. The number of thiazole rings is 1. The molecule has 6 rings (SSSR count). The van der Waals surface area contributed by atoms with Crippen LogP contribution >= 0.6 is 11.3 Å². The first-order chi connectivity index (χ1) is 18.9. The molecule has 194 valence electrons. The molecule has 1 aliphatic rings. The number of para-hydroxylation sites is 2. The number of amides is 1. The van der Waals surface area contributed by atoms with Crippen LogP contribution in [0.15, 0.2) is 106 Å². The lowest BCUT2D eigenvalue weighted by molar-refractivity contribution is -0.113. The molecular weight excluding hydrogens is 508 g/mol. The molecule has 0 radical (unpaired) electrons. The highest BCUT2D eigenvalue weighted by Gasteiger charge is 2.32. The van der Waals surface area contributed by atoms with E-state index in [2.05, 4.69) is 11.4 Å². The zero-order chi connectivity index (χ0) is 27.1. The number of nitrogens with one attached hydrogen (secondary N) is 1. The Kier molecular flexibility index (Phi) is 6.24. The Hall–Kier alpha value is -4.69. The van der Waals surface area contributed by atoms with Crippen molar-refractivity contribution in [3.05, 3.63) is 127 Å². The van der Waals surface area contributed by atoms with E-state index in [9.17, 15) is 9.59 Å². The summed E-state index contributed by atoms with van der Waals surface area (Å²) in [6, 6.07) is 24.2. The number of carbonyl (C=O) groups excluding carboxylic acids is 1. The number of nitrogens with zero attached hydrogens (tertiary/aromatic N) is 3. The number of methoxy groups -OCH3 is 1. The minimum absolute atomic E-state index is 0.197. The van der Waals surface area contributed by atoms with E-state index in [0.717, 1.165) is 22.0 Å². The van der Waals surface area contributed by atoms with Crippen molar-refractivity contribution in [2.75, 3.05) is 12.4 Å². The Bertz CT molecular complexity index is 1950. The Morgan fingerprint density at radius 1 is 1.05 bits per heavy atom. The number of fused-ring (bicyclic) bond motifs is 2. The Balaban J connectivity index is 1.54. The van der Waals surface area contributed by atoms with E-state index in [1.165, 1.54) is 11.3 Å². The van der Waals surface area contributed by atoms with Crippen molar-refractivity contribution in [1.82, 2.24) is 9.13 Å². The standard InChI is InChI=1S/C31H26N4O3S/c1-19-27(29(36)33-22-11-5-4-6-12-22)28(20-10-9-13-23(16-20)38-3)35-30(37)26(39-31(35)32-19)17-21-18-34(2)25-15-8-7-14-24(21)25/h4-18,28H,1-3H3,(H,33,36)/b26-17-. The Morgan fingerprint density at radius 3 is 2.62 bits per heavy atom. The SMILES string of the molecule is COc1cccc(C2C(C(=O)Nc3ccccc3)=C(C)N=c3s/c(=C\c4cn(C)c5ccccc45)c(=O)n32)c1. The van der Waals surface area contributed by atoms with E-state index in [0.29, 0.717) is 32.0 Å². The number of aromatic nitrogens is 2. The second-order valence-electron chi connectivity index (χ2n) is 9.39. The number of carbonyl (C=O) groups is 1. The Labute approximate surface area is 228 Å². The maximum atomic E-state index is 14.0. The van der Waals surface area contributed by atoms with Gasteiger partial charge in [0, 0.05) is 35.4 Å². The first-order valence-electron chi connectivity index (χ1n) is 12.5. The highest BCUT2D eigenvalue weighted by atomic mass is 32.1. The van der Waals surface area contributed by atoms with Crippen LogP contribution in [0.2, 0.25) is 0 Å². The molecule has 5 aromatic rings. The molecule has 0 saturated heterocycles. The molecule has 3 aromatic carbocycles. The van der Waals surface area contributed by atoms with Gasteiger partial charge in [-0.15, -0.1) is 0 Å². The molecule has 0 fully saturated rings. The van der Waals surface area contributed by atoms with E-state index in [-0.39, 0.29) is 11.5 Å². The molecule has 8 heteroatoms. The summed E-state index contributed by atoms with van der Waals surface area (Å²) in [7, 11) is 3.59. The number of hydrogen-bond acceptors (Lipinski definition) is 5. The van der Waals surface area contributed by atoms with Crippen molar-refractivity contribution in [2.24, 2.45) is 12.0 Å². The first kappa shape index (κ1) is 24.6. The van der Waals surface area contributed by atoms with Gasteiger partial charge in [-0.25, -0.2) is 4.99 Å². The van der Waals surface area contributed by atoms with Crippen LogP contribution in [-0.4, -0.2) is 22.2 Å². The van der Waals surface area contributed by atoms with Crippen molar-refractivity contribution >= 4 is 39.9 Å². The number of aryl methyl sites for hydroxylation is 1. The van der Waals surface area contributed by atoms with Crippen LogP contribution < -0.4 is 24.9 Å². The summed E-state index contributed by atoms with van der Waals surface area (Å²) >= 11 is 1.33. The summed E-state index contributed by atoms with van der Waals surface area (Å²) in [5.41, 5.74) is 4.25. The lowest BCUT2D eigenvalue weighted by Crippen LogP contribution is -2.40. The largest absolute Gasteiger partial charge is 0.497 e. The van der Waals surface area contributed by atoms with Crippen LogP contribution in [0.4, 0.5) is 5.69 Å². The highest BCUT2D eigenvalue weighted by Crippen LogP contribution is 2.32. The number of rotatable bonds is 5. The van der Waals surface area contributed by atoms with Gasteiger partial charge < -0.3 is 14.6 Å². The minimum atomic E-state index is -0.672. The van der Waals surface area contributed by atoms with Gasteiger partial charge >= 0.3 is 0 Å². The summed E-state index contributed by atoms with van der Waals surface area (Å²) < 4.78 is 9.70. The topological polar surface area (TPSA) is 77.6 Å². The third-order valence-electron chi connectivity index (χ3n) is 6.92. The highest BCUT2D eigenvalue weighted by molar-refractivity contribution is 7.07. The number of hydrogen-bond donors (Lipinski definition) is 1. The molecule has 39 heavy (non-hydrogen) atoms. The summed E-state index contributed by atoms with van der Waals surface area (Å²) in [4.78, 5) is 33.0. The molecule has 0 saturated carbocycles. The Morgan fingerprint density at radius 2 is 1.82 bits per heavy atom. The van der Waals surface area contributed by atoms with E-state index in [1.807, 2.05) is 104 Å². The fourth-order valence-corrected chi connectivity index (χ4v) is 6.13. The van der Waals surface area contributed by atoms with Crippen LogP contribution in [-0.2, 0) is 11.8 Å². The van der Waals surface area contributed by atoms with Gasteiger partial charge in [0.15, 0.2) is 4.80 Å². The van der Waals surface area contributed by atoms with Gasteiger partial charge in [0.05, 0.1) is 29.0 Å². The second-order valence-corrected chi connectivity index (χ2v) is 10.4. The van der Waals surface area contributed by atoms with Gasteiger partial charge in [0.25, 0.3) is 11.5 Å². The van der Waals surface area contributed by atoms with Gasteiger partial charge in [-0.05, 0) is 48.9 Å². The number of benzene rings is 3. The van der Waals surface area contributed by atoms with Crippen molar-refractivity contribution < 1.29 is 9.53 Å². The van der Waals surface area contributed by atoms with Crippen LogP contribution in [0.1, 0.15) is 24.1 Å². The predicted molar refractivity (Wildman–Crippen MR) is 155 cm³/mol. The van der Waals surface area contributed by atoms with Crippen LogP contribution in [0.3, 0.4) is 0 Å². The van der Waals surface area contributed by atoms with Crippen LogP contribution in [0.25, 0.3) is 17.0 Å². The average Bonchev–Trinajstić information content (AvgIpc) is 3.43. The average molecular weight is 535 g/mol. The maximum absolute atomic E-state index is 14.0. The van der Waals surface area contributed by atoms with Crippen LogP contribution in [0.5, 0.6) is 5.75 Å². The fraction of sp³-hybridized carbons (Fsp3) is 0.129. The second kappa shape index (κ2) is 9.89. The molecular formula is C31H26N4O3S. The minimum Gasteiger partial charge on any atom is -0.497 e. The molecule has 0 aliphatic carbocycles. The molecule has 1 N–H and O–H groups in total. The zero-order valence-electron chi connectivity index (χ0n) is 21.7. The lowest BCUT2D eigenvalue weighted by Gasteiger charge is -2.25. The first-order valence-corrected chi connectivity index (χ1v) is 13.3. The summed E-state index contributed by atoms with van der Waals surface area (Å²) in [5.74, 6) is 0.335. The number of allylic oxidation sites excluding steroid dienone is 1. The number of ether oxygens (including phenoxy) is 1. The molecule has 0 spiro atoms. The summed E-state index contributed by atoms with van der Waals surface area (Å²) in [5, 5.41) is 4.04. The zero-order valence-corrected chi connectivity index (χ0v) is 22.5. The van der Waals surface area contributed by atoms with Crippen molar-refractivity contribution in [2.45, 2.75) is 13.0 Å². The normalized spacial score (nSPS) is 15.3. The molecule has 2 aromatic heterocycles. The smallest absolute Gasteiger partial charge is 0.271 e. The van der Waals surface area contributed by atoms with Gasteiger partial charge in [-0.2, -0.15) is 0 Å². The van der Waals surface area contributed by atoms with Gasteiger partial charge in [0.2, 0.25) is 0 Å². The summed E-state index contributed by atoms with van der Waals surface area (Å²) in [6.07, 6.45) is 3.93. The molecule has 7 nitrogen and oxygen atoms in total. The van der Waals surface area contributed by atoms with Gasteiger partial charge in [-0.1, -0.05) is 59.9 Å². The predicted octanol–water partition coefficient (Wildman–Crippen LogP) is 4.37. The quantitative estimate of drug-likeness (QED) is 0.364. The molecule has 3 heterocycles. The third-order valence-corrected chi connectivity index (χ3v) is 7.90. The van der Waals surface area contributed by atoms with Crippen molar-refractivity contribution in [3.8, 4) is 5.75 Å². The molecule has 1 unspecified atom stereocenters. The lowest BCUT2D eigenvalue weighted by atomic mass is 9.95. The van der Waals surface area contributed by atoms with Gasteiger partial charge in [-0.3, -0.25) is 14.2 Å². The van der Waals surface area contributed by atoms with E-state index >= 15 is 0 Å². The van der Waals surface area contributed by atoms with Crippen molar-refractivity contribution in [3.63, 3.8) is 0 Å². The fourth-order valence-electron chi connectivity index (χ4n) is 5.09. The van der Waals surface area contributed by atoms with E-state index < -0.39 is 6.04 Å². The molecule has 1 amide bonds.